The summed E-state index contributed by atoms with van der Waals surface area (Å²) in [6.45, 7) is 6.53. The molecule has 0 N–H and O–H groups in total. The molecule has 3 nitrogen and oxygen atoms in total. The first-order valence-corrected chi connectivity index (χ1v) is 9.64. The first kappa shape index (κ1) is 16.4. The van der Waals surface area contributed by atoms with Crippen molar-refractivity contribution in [2.45, 2.75) is 63.0 Å². The molecular weight excluding hydrogens is 260 g/mol. The third-order valence-electron chi connectivity index (χ3n) is 3.81. The van der Waals surface area contributed by atoms with Gasteiger partial charge in [0, 0.05) is 45.5 Å². The van der Waals surface area contributed by atoms with Crippen LogP contribution in [0.3, 0.4) is 0 Å². The van der Waals surface area contributed by atoms with E-state index >= 15 is 0 Å². The van der Waals surface area contributed by atoms with Crippen molar-refractivity contribution in [1.29, 1.82) is 0 Å². The highest BCUT2D eigenvalue weighted by Crippen LogP contribution is 2.30. The fourth-order valence-electron chi connectivity index (χ4n) is 2.56. The van der Waals surface area contributed by atoms with E-state index in [4.69, 9.17) is 14.2 Å². The Balaban J connectivity index is 2.35. The van der Waals surface area contributed by atoms with E-state index in [1.807, 2.05) is 13.8 Å². The molecule has 0 saturated carbocycles. The predicted molar refractivity (Wildman–Crippen MR) is 82.4 cm³/mol. The van der Waals surface area contributed by atoms with E-state index in [0.717, 1.165) is 40.3 Å². The molecule has 1 rings (SSSR count). The molecule has 18 heavy (non-hydrogen) atoms. The van der Waals surface area contributed by atoms with Crippen LogP contribution in [-0.2, 0) is 14.2 Å². The molecular formula is C13H30O3Si2. The molecule has 0 radical (unpaired) electrons. The molecule has 1 fully saturated rings. The number of rotatable bonds is 8. The quantitative estimate of drug-likeness (QED) is 0.483. The zero-order valence-electron chi connectivity index (χ0n) is 12.5. The molecule has 0 aromatic carbocycles. The van der Waals surface area contributed by atoms with Crippen molar-refractivity contribution in [3.8, 4) is 0 Å². The highest BCUT2D eigenvalue weighted by molar-refractivity contribution is 6.15. The Morgan fingerprint density at radius 3 is 2.39 bits per heavy atom. The van der Waals surface area contributed by atoms with Crippen LogP contribution < -0.4 is 0 Å². The number of ether oxygens (including phenoxy) is 3. The van der Waals surface area contributed by atoms with Crippen LogP contribution in [-0.4, -0.2) is 51.8 Å². The third-order valence-corrected chi connectivity index (χ3v) is 6.22. The lowest BCUT2D eigenvalue weighted by Crippen LogP contribution is -2.37. The van der Waals surface area contributed by atoms with E-state index in [2.05, 4.69) is 0 Å². The second-order valence-corrected chi connectivity index (χ2v) is 8.86. The van der Waals surface area contributed by atoms with Gasteiger partial charge in [0.2, 0.25) is 0 Å². The Kier molecular flexibility index (Phi) is 7.71. The predicted octanol–water partition coefficient (Wildman–Crippen LogP) is 0.582. The zero-order chi connectivity index (χ0) is 13.4. The van der Waals surface area contributed by atoms with Gasteiger partial charge in [0.15, 0.2) is 6.29 Å². The molecule has 0 amide bonds. The lowest BCUT2D eigenvalue weighted by atomic mass is 10.0. The minimum Gasteiger partial charge on any atom is -0.380 e. The summed E-state index contributed by atoms with van der Waals surface area (Å²) in [5.74, 6) is 0. The van der Waals surface area contributed by atoms with Gasteiger partial charge in [0.1, 0.15) is 0 Å². The fraction of sp³-hybridized carbons (Fsp3) is 1.00. The van der Waals surface area contributed by atoms with Crippen molar-refractivity contribution in [3.05, 3.63) is 0 Å². The first-order valence-electron chi connectivity index (χ1n) is 7.48. The van der Waals surface area contributed by atoms with Gasteiger partial charge in [-0.15, -0.1) is 0 Å². The molecule has 1 saturated heterocycles. The Morgan fingerprint density at radius 2 is 1.89 bits per heavy atom. The molecule has 2 unspecified atom stereocenters. The first-order chi connectivity index (χ1) is 8.61. The van der Waals surface area contributed by atoms with Crippen LogP contribution in [0.1, 0.15) is 46.0 Å². The maximum atomic E-state index is 6.01. The summed E-state index contributed by atoms with van der Waals surface area (Å²) in [5, 5.41) is 0.240. The lowest BCUT2D eigenvalue weighted by molar-refractivity contribution is -0.141. The fourth-order valence-corrected chi connectivity index (χ4v) is 4.08. The van der Waals surface area contributed by atoms with Crippen molar-refractivity contribution >= 4 is 20.5 Å². The smallest absolute Gasteiger partial charge is 0.157 e. The Hall–Kier alpha value is 0.314. The van der Waals surface area contributed by atoms with Crippen LogP contribution in [0.15, 0.2) is 0 Å². The Bertz CT molecular complexity index is 214. The minimum absolute atomic E-state index is 0.0144. The van der Waals surface area contributed by atoms with E-state index in [9.17, 15) is 0 Å². The van der Waals surface area contributed by atoms with Gasteiger partial charge in [-0.1, -0.05) is 0 Å². The summed E-state index contributed by atoms with van der Waals surface area (Å²) >= 11 is 0. The van der Waals surface area contributed by atoms with Crippen LogP contribution in [0.2, 0.25) is 5.54 Å². The highest BCUT2D eigenvalue weighted by Gasteiger charge is 2.29. The topological polar surface area (TPSA) is 27.7 Å². The maximum Gasteiger partial charge on any atom is 0.157 e. The summed E-state index contributed by atoms with van der Waals surface area (Å²) in [6, 6.07) is 0. The molecule has 5 heteroatoms. The molecule has 108 valence electrons. The molecule has 2 atom stereocenters. The number of hydrogen-bond donors (Lipinski definition) is 0. The van der Waals surface area contributed by atoms with Crippen LogP contribution in [0.25, 0.3) is 0 Å². The van der Waals surface area contributed by atoms with E-state index in [1.165, 1.54) is 32.1 Å². The normalized spacial score (nSPS) is 26.8. The third kappa shape index (κ3) is 5.53. The van der Waals surface area contributed by atoms with Crippen LogP contribution in [0.5, 0.6) is 0 Å². The molecule has 0 aromatic rings. The van der Waals surface area contributed by atoms with Gasteiger partial charge in [-0.05, 0) is 51.5 Å². The average Bonchev–Trinajstić information content (AvgIpc) is 2.37. The minimum atomic E-state index is 0.0144. The van der Waals surface area contributed by atoms with Gasteiger partial charge in [0.25, 0.3) is 0 Å². The largest absolute Gasteiger partial charge is 0.380 e. The van der Waals surface area contributed by atoms with Gasteiger partial charge in [-0.2, -0.15) is 0 Å². The summed E-state index contributed by atoms with van der Waals surface area (Å²) < 4.78 is 17.4. The van der Waals surface area contributed by atoms with Gasteiger partial charge >= 0.3 is 0 Å². The second kappa shape index (κ2) is 8.48. The highest BCUT2D eigenvalue weighted by atomic mass is 28.1. The summed E-state index contributed by atoms with van der Waals surface area (Å²) in [4.78, 5) is 0. The summed E-state index contributed by atoms with van der Waals surface area (Å²) in [7, 11) is 2.28. The Labute approximate surface area is 118 Å². The van der Waals surface area contributed by atoms with Crippen LogP contribution in [0, 0.1) is 0 Å². The molecule has 1 aliphatic heterocycles. The second-order valence-electron chi connectivity index (χ2n) is 5.55. The SMILES string of the molecule is CCOC(OCC)C([SiH3])CCC1([SiH3])CCCCO1. The van der Waals surface area contributed by atoms with Gasteiger partial charge < -0.3 is 14.2 Å². The van der Waals surface area contributed by atoms with Gasteiger partial charge in [0.05, 0.1) is 0 Å². The molecule has 0 bridgehead atoms. The molecule has 0 aromatic heterocycles. The lowest BCUT2D eigenvalue weighted by Gasteiger charge is -2.35. The van der Waals surface area contributed by atoms with Crippen molar-refractivity contribution in [2.24, 2.45) is 0 Å². The average molecular weight is 291 g/mol. The van der Waals surface area contributed by atoms with E-state index in [-0.39, 0.29) is 11.5 Å². The van der Waals surface area contributed by atoms with Crippen molar-refractivity contribution in [3.63, 3.8) is 0 Å². The van der Waals surface area contributed by atoms with Crippen molar-refractivity contribution in [2.75, 3.05) is 19.8 Å². The van der Waals surface area contributed by atoms with Crippen molar-refractivity contribution in [1.82, 2.24) is 0 Å². The molecule has 1 heterocycles. The maximum absolute atomic E-state index is 6.01. The number of hydrogen-bond acceptors (Lipinski definition) is 3. The van der Waals surface area contributed by atoms with E-state index in [1.54, 1.807) is 0 Å². The Morgan fingerprint density at radius 1 is 1.22 bits per heavy atom. The van der Waals surface area contributed by atoms with Gasteiger partial charge in [-0.25, -0.2) is 0 Å². The molecule has 1 aliphatic rings. The molecule has 0 spiro atoms. The van der Waals surface area contributed by atoms with E-state index in [0.29, 0.717) is 5.54 Å². The monoisotopic (exact) mass is 290 g/mol. The van der Waals surface area contributed by atoms with Crippen LogP contribution in [0.4, 0.5) is 0 Å². The standard InChI is InChI=1S/C13H30O3Si2/c1-3-14-12(15-4-2)11(17)7-9-13(18)8-5-6-10-16-13/h11-12H,3-10H2,1-2,17-18H3. The van der Waals surface area contributed by atoms with Crippen LogP contribution >= 0.6 is 0 Å². The summed E-state index contributed by atoms with van der Waals surface area (Å²) in [5.41, 5.74) is 0.584. The van der Waals surface area contributed by atoms with Crippen molar-refractivity contribution < 1.29 is 14.2 Å². The zero-order valence-corrected chi connectivity index (χ0v) is 16.5. The van der Waals surface area contributed by atoms with E-state index < -0.39 is 0 Å². The summed E-state index contributed by atoms with van der Waals surface area (Å²) in [6.07, 6.45) is 6.26. The molecule has 0 aliphatic carbocycles. The van der Waals surface area contributed by atoms with Gasteiger partial charge in [-0.3, -0.25) is 0 Å².